The standard InChI is InChI=1S/C10H12ClNOSi/c1-14(2,3)8-6-7-4-5-12-10(11)9(7)13-8/h4-6H,1-3H3. The zero-order valence-corrected chi connectivity index (χ0v) is 10.2. The van der Waals surface area contributed by atoms with Gasteiger partial charge in [-0.05, 0) is 12.1 Å². The first-order valence-electron chi connectivity index (χ1n) is 4.53. The highest BCUT2D eigenvalue weighted by Gasteiger charge is 2.22. The summed E-state index contributed by atoms with van der Waals surface area (Å²) < 4.78 is 5.73. The number of aromatic nitrogens is 1. The Balaban J connectivity index is 2.69. The number of fused-ring (bicyclic) bond motifs is 1. The van der Waals surface area contributed by atoms with Gasteiger partial charge in [-0.25, -0.2) is 4.98 Å². The van der Waals surface area contributed by atoms with Gasteiger partial charge in [0, 0.05) is 11.6 Å². The summed E-state index contributed by atoms with van der Waals surface area (Å²) in [5.74, 6) is 0. The maximum Gasteiger partial charge on any atom is 0.172 e. The van der Waals surface area contributed by atoms with Crippen molar-refractivity contribution < 1.29 is 4.42 Å². The predicted molar refractivity (Wildman–Crippen MR) is 62.0 cm³/mol. The van der Waals surface area contributed by atoms with Crippen molar-refractivity contribution in [3.63, 3.8) is 0 Å². The summed E-state index contributed by atoms with van der Waals surface area (Å²) in [5.41, 5.74) is 0.714. The van der Waals surface area contributed by atoms with Gasteiger partial charge < -0.3 is 4.42 Å². The lowest BCUT2D eigenvalue weighted by atomic mass is 10.3. The monoisotopic (exact) mass is 225 g/mol. The second-order valence-electron chi connectivity index (χ2n) is 4.38. The highest BCUT2D eigenvalue weighted by atomic mass is 35.5. The van der Waals surface area contributed by atoms with Gasteiger partial charge in [0.25, 0.3) is 0 Å². The Morgan fingerprint density at radius 2 is 2.07 bits per heavy atom. The van der Waals surface area contributed by atoms with Crippen LogP contribution in [0.5, 0.6) is 0 Å². The van der Waals surface area contributed by atoms with Crippen molar-refractivity contribution in [3.05, 3.63) is 23.5 Å². The van der Waals surface area contributed by atoms with Gasteiger partial charge in [0.2, 0.25) is 0 Å². The lowest BCUT2D eigenvalue weighted by Gasteiger charge is -2.10. The van der Waals surface area contributed by atoms with Crippen LogP contribution in [0.25, 0.3) is 11.0 Å². The van der Waals surface area contributed by atoms with E-state index in [0.29, 0.717) is 10.7 Å². The molecule has 0 atom stereocenters. The molecule has 4 heteroatoms. The molecule has 74 valence electrons. The van der Waals surface area contributed by atoms with E-state index in [4.69, 9.17) is 16.0 Å². The normalized spacial score (nSPS) is 12.3. The first-order chi connectivity index (χ1) is 6.48. The van der Waals surface area contributed by atoms with Crippen LogP contribution in [-0.4, -0.2) is 13.1 Å². The maximum absolute atomic E-state index is 5.93. The number of nitrogens with zero attached hydrogens (tertiary/aromatic N) is 1. The molecule has 0 radical (unpaired) electrons. The number of furan rings is 1. The number of hydrogen-bond donors (Lipinski definition) is 0. The lowest BCUT2D eigenvalue weighted by molar-refractivity contribution is 0.646. The minimum atomic E-state index is -1.39. The SMILES string of the molecule is C[Si](C)(C)c1cc2ccnc(Cl)c2o1. The van der Waals surface area contributed by atoms with E-state index in [1.165, 1.54) is 0 Å². The molecular formula is C10H12ClNOSi. The molecule has 0 aliphatic heterocycles. The topological polar surface area (TPSA) is 26.0 Å². The third-order valence-electron chi connectivity index (χ3n) is 2.13. The molecule has 0 fully saturated rings. The number of rotatable bonds is 1. The third kappa shape index (κ3) is 1.57. The molecule has 2 aromatic heterocycles. The fraction of sp³-hybridized carbons (Fsp3) is 0.300. The van der Waals surface area contributed by atoms with Crippen LogP contribution in [0.15, 0.2) is 22.7 Å². The fourth-order valence-electron chi connectivity index (χ4n) is 1.30. The molecular weight excluding hydrogens is 214 g/mol. The number of halogens is 1. The summed E-state index contributed by atoms with van der Waals surface area (Å²) >= 11 is 5.93. The largest absolute Gasteiger partial charge is 0.463 e. The summed E-state index contributed by atoms with van der Waals surface area (Å²) in [6, 6.07) is 4.00. The van der Waals surface area contributed by atoms with E-state index in [0.717, 1.165) is 10.8 Å². The molecule has 0 aliphatic rings. The molecule has 2 aromatic rings. The van der Waals surface area contributed by atoms with Crippen LogP contribution in [-0.2, 0) is 0 Å². The molecule has 0 unspecified atom stereocenters. The molecule has 2 rings (SSSR count). The molecule has 0 spiro atoms. The third-order valence-corrected chi connectivity index (χ3v) is 4.12. The second-order valence-corrected chi connectivity index (χ2v) is 9.73. The first kappa shape index (κ1) is 9.74. The Morgan fingerprint density at radius 3 is 2.64 bits per heavy atom. The van der Waals surface area contributed by atoms with E-state index in [1.54, 1.807) is 6.20 Å². The van der Waals surface area contributed by atoms with Crippen LogP contribution in [0.2, 0.25) is 24.8 Å². The average molecular weight is 226 g/mol. The first-order valence-corrected chi connectivity index (χ1v) is 8.41. The smallest absolute Gasteiger partial charge is 0.172 e. The summed E-state index contributed by atoms with van der Waals surface area (Å²) in [4.78, 5) is 3.99. The van der Waals surface area contributed by atoms with Crippen LogP contribution in [0.3, 0.4) is 0 Å². The van der Waals surface area contributed by atoms with Crippen LogP contribution in [0, 0.1) is 0 Å². The van der Waals surface area contributed by atoms with Gasteiger partial charge in [0.1, 0.15) is 8.07 Å². The Kier molecular flexibility index (Phi) is 2.16. The van der Waals surface area contributed by atoms with E-state index >= 15 is 0 Å². The van der Waals surface area contributed by atoms with Crippen LogP contribution >= 0.6 is 11.6 Å². The van der Waals surface area contributed by atoms with E-state index in [1.807, 2.05) is 6.07 Å². The number of hydrogen-bond acceptors (Lipinski definition) is 2. The van der Waals surface area contributed by atoms with Crippen LogP contribution in [0.4, 0.5) is 0 Å². The zero-order chi connectivity index (χ0) is 10.3. The van der Waals surface area contributed by atoms with Gasteiger partial charge in [-0.3, -0.25) is 0 Å². The molecule has 0 bridgehead atoms. The Labute approximate surface area is 88.9 Å². The summed E-state index contributed by atoms with van der Waals surface area (Å²) in [7, 11) is -1.39. The van der Waals surface area contributed by atoms with Gasteiger partial charge >= 0.3 is 0 Å². The van der Waals surface area contributed by atoms with Gasteiger partial charge in [-0.2, -0.15) is 0 Å². The van der Waals surface area contributed by atoms with Crippen LogP contribution < -0.4 is 5.38 Å². The Bertz CT molecular complexity index is 472. The molecule has 2 nitrogen and oxygen atoms in total. The summed E-state index contributed by atoms with van der Waals surface area (Å²) in [5, 5.41) is 2.57. The predicted octanol–water partition coefficient (Wildman–Crippen LogP) is 3.03. The fourth-order valence-corrected chi connectivity index (χ4v) is 2.50. The van der Waals surface area contributed by atoms with E-state index in [2.05, 4.69) is 30.7 Å². The van der Waals surface area contributed by atoms with Crippen LogP contribution in [0.1, 0.15) is 0 Å². The lowest BCUT2D eigenvalue weighted by Crippen LogP contribution is -2.36. The Morgan fingerprint density at radius 1 is 1.36 bits per heavy atom. The highest BCUT2D eigenvalue weighted by molar-refractivity contribution is 6.87. The van der Waals surface area contributed by atoms with E-state index in [-0.39, 0.29) is 0 Å². The molecule has 0 aliphatic carbocycles. The van der Waals surface area contributed by atoms with Gasteiger partial charge in [0.05, 0.1) is 5.38 Å². The molecule has 0 N–H and O–H groups in total. The van der Waals surface area contributed by atoms with E-state index in [9.17, 15) is 0 Å². The van der Waals surface area contributed by atoms with Crippen molar-refractivity contribution in [3.8, 4) is 0 Å². The molecule has 0 saturated carbocycles. The van der Waals surface area contributed by atoms with Gasteiger partial charge in [-0.1, -0.05) is 31.2 Å². The quantitative estimate of drug-likeness (QED) is 0.551. The number of pyridine rings is 1. The molecule has 14 heavy (non-hydrogen) atoms. The minimum absolute atomic E-state index is 0.451. The molecule has 0 aromatic carbocycles. The van der Waals surface area contributed by atoms with E-state index < -0.39 is 8.07 Å². The minimum Gasteiger partial charge on any atom is -0.463 e. The van der Waals surface area contributed by atoms with Crippen molar-refractivity contribution in [1.29, 1.82) is 0 Å². The van der Waals surface area contributed by atoms with Gasteiger partial charge in [0.15, 0.2) is 10.7 Å². The summed E-state index contributed by atoms with van der Waals surface area (Å²) in [6.07, 6.45) is 1.70. The van der Waals surface area contributed by atoms with Crippen molar-refractivity contribution in [1.82, 2.24) is 4.98 Å². The van der Waals surface area contributed by atoms with Crippen molar-refractivity contribution in [2.75, 3.05) is 0 Å². The maximum atomic E-state index is 5.93. The summed E-state index contributed by atoms with van der Waals surface area (Å²) in [6.45, 7) is 6.73. The zero-order valence-electron chi connectivity index (χ0n) is 8.47. The van der Waals surface area contributed by atoms with Crippen molar-refractivity contribution >= 4 is 36.0 Å². The second kappa shape index (κ2) is 3.10. The van der Waals surface area contributed by atoms with Crippen molar-refractivity contribution in [2.24, 2.45) is 0 Å². The molecule has 0 saturated heterocycles. The highest BCUT2D eigenvalue weighted by Crippen LogP contribution is 2.22. The molecule has 2 heterocycles. The van der Waals surface area contributed by atoms with Crippen molar-refractivity contribution in [2.45, 2.75) is 19.6 Å². The van der Waals surface area contributed by atoms with Gasteiger partial charge in [-0.15, -0.1) is 0 Å². The Hall–Kier alpha value is -0.803. The average Bonchev–Trinajstić information content (AvgIpc) is 2.48. The molecule has 0 amide bonds.